The first-order chi connectivity index (χ1) is 16.1. The van der Waals surface area contributed by atoms with Gasteiger partial charge in [0.05, 0.1) is 25.4 Å². The number of benzene rings is 1. The van der Waals surface area contributed by atoms with Crippen LogP contribution in [0.5, 0.6) is 17.2 Å². The molecule has 1 aliphatic carbocycles. The zero-order valence-electron chi connectivity index (χ0n) is 21.0. The van der Waals surface area contributed by atoms with Gasteiger partial charge in [-0.1, -0.05) is 20.8 Å². The number of primary amides is 1. The number of anilines is 1. The van der Waals surface area contributed by atoms with Crippen LogP contribution < -0.4 is 25.3 Å². The Balaban J connectivity index is 1.97. The van der Waals surface area contributed by atoms with Gasteiger partial charge in [0.1, 0.15) is 5.00 Å². The molecule has 3 rings (SSSR count). The number of ether oxygens (including phenoxy) is 3. The van der Waals surface area contributed by atoms with Crippen LogP contribution in [0.3, 0.4) is 0 Å². The fraction of sp³-hybridized carbons (Fsp3) is 0.538. The molecule has 1 unspecified atom stereocenters. The molecule has 0 saturated carbocycles. The molecule has 186 valence electrons. The van der Waals surface area contributed by atoms with Crippen molar-refractivity contribution in [2.45, 2.75) is 60.8 Å². The summed E-state index contributed by atoms with van der Waals surface area (Å²) in [5.74, 6) is 0.984. The highest BCUT2D eigenvalue weighted by Crippen LogP contribution is 2.44. The van der Waals surface area contributed by atoms with Crippen molar-refractivity contribution in [2.24, 2.45) is 17.1 Å². The molecule has 1 heterocycles. The average Bonchev–Trinajstić information content (AvgIpc) is 3.12. The third-order valence-corrected chi connectivity index (χ3v) is 7.30. The Bertz CT molecular complexity index is 1030. The maximum Gasteiger partial charge on any atom is 0.256 e. The van der Waals surface area contributed by atoms with Crippen LogP contribution in [-0.2, 0) is 12.8 Å². The van der Waals surface area contributed by atoms with E-state index in [9.17, 15) is 9.59 Å². The van der Waals surface area contributed by atoms with E-state index in [4.69, 9.17) is 19.9 Å². The third-order valence-electron chi connectivity index (χ3n) is 6.13. The summed E-state index contributed by atoms with van der Waals surface area (Å²) in [5.41, 5.74) is 7.69. The Kier molecular flexibility index (Phi) is 8.13. The predicted molar refractivity (Wildman–Crippen MR) is 136 cm³/mol. The molecule has 1 aliphatic rings. The van der Waals surface area contributed by atoms with Gasteiger partial charge in [0.25, 0.3) is 11.8 Å². The van der Waals surface area contributed by atoms with E-state index in [0.29, 0.717) is 59.1 Å². The lowest BCUT2D eigenvalue weighted by atomic mass is 9.72. The Labute approximate surface area is 206 Å². The largest absolute Gasteiger partial charge is 0.490 e. The molecule has 0 fully saturated rings. The third kappa shape index (κ3) is 5.49. The van der Waals surface area contributed by atoms with Gasteiger partial charge in [-0.05, 0) is 69.1 Å². The smallest absolute Gasteiger partial charge is 0.256 e. The lowest BCUT2D eigenvalue weighted by Gasteiger charge is -2.33. The first-order valence-corrected chi connectivity index (χ1v) is 12.7. The summed E-state index contributed by atoms with van der Waals surface area (Å²) >= 11 is 1.45. The Morgan fingerprint density at radius 1 is 1.06 bits per heavy atom. The number of amides is 2. The Morgan fingerprint density at radius 3 is 2.15 bits per heavy atom. The van der Waals surface area contributed by atoms with Crippen LogP contribution >= 0.6 is 11.3 Å². The van der Waals surface area contributed by atoms with E-state index in [1.54, 1.807) is 12.1 Å². The van der Waals surface area contributed by atoms with E-state index in [0.717, 1.165) is 29.7 Å². The van der Waals surface area contributed by atoms with E-state index in [-0.39, 0.29) is 11.3 Å². The Morgan fingerprint density at radius 2 is 1.65 bits per heavy atom. The van der Waals surface area contributed by atoms with E-state index in [2.05, 4.69) is 26.1 Å². The normalized spacial score (nSPS) is 15.4. The summed E-state index contributed by atoms with van der Waals surface area (Å²) in [6.45, 7) is 13.6. The highest BCUT2D eigenvalue weighted by atomic mass is 32.1. The minimum Gasteiger partial charge on any atom is -0.490 e. The molecule has 3 N–H and O–H groups in total. The van der Waals surface area contributed by atoms with Gasteiger partial charge < -0.3 is 25.3 Å². The molecule has 2 amide bonds. The minimum atomic E-state index is -0.515. The fourth-order valence-electron chi connectivity index (χ4n) is 4.37. The number of hydrogen-bond donors (Lipinski definition) is 2. The molecule has 0 spiro atoms. The predicted octanol–water partition coefficient (Wildman–Crippen LogP) is 5.45. The summed E-state index contributed by atoms with van der Waals surface area (Å²) in [6.07, 6.45) is 2.66. The monoisotopic (exact) mass is 488 g/mol. The number of fused-ring (bicyclic) bond motifs is 1. The van der Waals surface area contributed by atoms with Crippen molar-refractivity contribution in [3.63, 3.8) is 0 Å². The number of nitrogens with one attached hydrogen (secondary N) is 1. The van der Waals surface area contributed by atoms with Crippen LogP contribution in [0.15, 0.2) is 12.1 Å². The van der Waals surface area contributed by atoms with Gasteiger partial charge in [0.15, 0.2) is 11.5 Å². The number of carbonyl (C=O) groups excluding carboxylic acids is 2. The van der Waals surface area contributed by atoms with Crippen LogP contribution in [0, 0.1) is 11.3 Å². The van der Waals surface area contributed by atoms with E-state index in [1.807, 2.05) is 20.8 Å². The second kappa shape index (κ2) is 10.7. The summed E-state index contributed by atoms with van der Waals surface area (Å²) in [4.78, 5) is 26.8. The van der Waals surface area contributed by atoms with Gasteiger partial charge in [-0.25, -0.2) is 0 Å². The lowest BCUT2D eigenvalue weighted by Crippen LogP contribution is -2.27. The molecule has 0 aliphatic heterocycles. The Hall–Kier alpha value is -2.74. The average molecular weight is 489 g/mol. The first-order valence-electron chi connectivity index (χ1n) is 11.9. The van der Waals surface area contributed by atoms with Crippen LogP contribution in [-0.4, -0.2) is 31.6 Å². The standard InChI is InChI=1S/C26H36N2O5S/c1-7-31-18-12-15(13-19(32-8-2)22(18)33-9-3)24(30)28-25-21(23(27)29)17-11-10-16(26(4,5)6)14-20(17)34-25/h12-13,16H,7-11,14H2,1-6H3,(H2,27,29)(H,28,30). The van der Waals surface area contributed by atoms with Crippen molar-refractivity contribution in [2.75, 3.05) is 25.1 Å². The van der Waals surface area contributed by atoms with Crippen molar-refractivity contribution in [1.29, 1.82) is 0 Å². The first kappa shape index (κ1) is 25.9. The quantitative estimate of drug-likeness (QED) is 0.489. The summed E-state index contributed by atoms with van der Waals surface area (Å²) in [6, 6.07) is 3.28. The van der Waals surface area contributed by atoms with Gasteiger partial charge in [0, 0.05) is 10.4 Å². The van der Waals surface area contributed by atoms with E-state index >= 15 is 0 Å². The zero-order valence-corrected chi connectivity index (χ0v) is 21.8. The summed E-state index contributed by atoms with van der Waals surface area (Å²) in [5, 5.41) is 3.44. The molecule has 8 heteroatoms. The van der Waals surface area contributed by atoms with Gasteiger partial charge in [0.2, 0.25) is 5.75 Å². The summed E-state index contributed by atoms with van der Waals surface area (Å²) < 4.78 is 17.2. The van der Waals surface area contributed by atoms with Crippen LogP contribution in [0.4, 0.5) is 5.00 Å². The van der Waals surface area contributed by atoms with E-state index < -0.39 is 5.91 Å². The zero-order chi connectivity index (χ0) is 25.0. The molecule has 0 bridgehead atoms. The second-order valence-corrected chi connectivity index (χ2v) is 10.5. The molecule has 34 heavy (non-hydrogen) atoms. The maximum atomic E-state index is 13.3. The minimum absolute atomic E-state index is 0.172. The van der Waals surface area contributed by atoms with Crippen molar-refractivity contribution in [3.8, 4) is 17.2 Å². The summed E-state index contributed by atoms with van der Waals surface area (Å²) in [7, 11) is 0. The fourth-order valence-corrected chi connectivity index (χ4v) is 5.70. The molecular weight excluding hydrogens is 452 g/mol. The molecular formula is C26H36N2O5S. The van der Waals surface area contributed by atoms with E-state index in [1.165, 1.54) is 11.3 Å². The molecule has 0 radical (unpaired) electrons. The SMILES string of the molecule is CCOc1cc(C(=O)Nc2sc3c(c2C(N)=O)CCC(C(C)(C)C)C3)cc(OCC)c1OCC. The number of thiophene rings is 1. The number of carbonyl (C=O) groups is 2. The number of nitrogens with two attached hydrogens (primary N) is 1. The van der Waals surface area contributed by atoms with Crippen LogP contribution in [0.2, 0.25) is 0 Å². The van der Waals surface area contributed by atoms with Crippen molar-refractivity contribution >= 4 is 28.2 Å². The highest BCUT2D eigenvalue weighted by molar-refractivity contribution is 7.17. The topological polar surface area (TPSA) is 99.9 Å². The number of rotatable bonds is 9. The molecule has 2 aromatic rings. The lowest BCUT2D eigenvalue weighted by molar-refractivity contribution is 0.1000. The van der Waals surface area contributed by atoms with Crippen LogP contribution in [0.25, 0.3) is 0 Å². The molecule has 0 saturated heterocycles. The van der Waals surface area contributed by atoms with Crippen molar-refractivity contribution < 1.29 is 23.8 Å². The number of hydrogen-bond acceptors (Lipinski definition) is 6. The highest BCUT2D eigenvalue weighted by Gasteiger charge is 2.33. The molecule has 1 atom stereocenters. The van der Waals surface area contributed by atoms with Crippen LogP contribution in [0.1, 0.15) is 79.1 Å². The molecule has 1 aromatic carbocycles. The molecule has 7 nitrogen and oxygen atoms in total. The van der Waals surface area contributed by atoms with Gasteiger partial charge >= 0.3 is 0 Å². The van der Waals surface area contributed by atoms with Gasteiger partial charge in [-0.2, -0.15) is 0 Å². The van der Waals surface area contributed by atoms with Gasteiger partial charge in [-0.3, -0.25) is 9.59 Å². The molecule has 1 aromatic heterocycles. The maximum absolute atomic E-state index is 13.3. The van der Waals surface area contributed by atoms with Gasteiger partial charge in [-0.15, -0.1) is 11.3 Å². The van der Waals surface area contributed by atoms with Crippen molar-refractivity contribution in [1.82, 2.24) is 0 Å². The second-order valence-electron chi connectivity index (χ2n) is 9.43. The van der Waals surface area contributed by atoms with Crippen molar-refractivity contribution in [3.05, 3.63) is 33.7 Å².